The van der Waals surface area contributed by atoms with Crippen LogP contribution in [-0.2, 0) is 10.0 Å². The standard InChI is InChI=1S/C13H27N2O5Si/c1-12(2)8-10(9-13(3,4)15(12)17)11(16)14-6-5-7-21(18,19)20/h10,18-20H,5-9H2,1-4H3,(H,14,16). The Kier molecular flexibility index (Phi) is 5.57. The molecule has 0 aromatic heterocycles. The van der Waals surface area contributed by atoms with Crippen LogP contribution in [0.5, 0.6) is 0 Å². The molecule has 0 saturated carbocycles. The highest BCUT2D eigenvalue weighted by atomic mass is 28.4. The third kappa shape index (κ3) is 5.31. The third-order valence-corrected chi connectivity index (χ3v) is 4.97. The first kappa shape index (κ1) is 18.5. The van der Waals surface area contributed by atoms with Gasteiger partial charge in [-0.15, -0.1) is 10.3 Å². The number of carbonyl (C=O) groups excluding carboxylic acids is 1. The molecule has 0 unspecified atom stereocenters. The Morgan fingerprint density at radius 1 is 1.19 bits per heavy atom. The molecule has 0 aromatic rings. The Morgan fingerprint density at radius 2 is 1.67 bits per heavy atom. The van der Waals surface area contributed by atoms with E-state index in [4.69, 9.17) is 14.4 Å². The van der Waals surface area contributed by atoms with Crippen LogP contribution in [0, 0.1) is 5.92 Å². The van der Waals surface area contributed by atoms with Crippen molar-refractivity contribution in [2.75, 3.05) is 6.54 Å². The van der Waals surface area contributed by atoms with Crippen molar-refractivity contribution in [1.29, 1.82) is 0 Å². The summed E-state index contributed by atoms with van der Waals surface area (Å²) in [7, 11) is -4.02. The van der Waals surface area contributed by atoms with Crippen LogP contribution < -0.4 is 5.32 Å². The van der Waals surface area contributed by atoms with E-state index in [9.17, 15) is 10.0 Å². The minimum Gasteiger partial charge on any atom is -0.390 e. The lowest BCUT2D eigenvalue weighted by atomic mass is 9.75. The van der Waals surface area contributed by atoms with Crippen molar-refractivity contribution in [3.63, 3.8) is 0 Å². The fraction of sp³-hybridized carbons (Fsp3) is 0.923. The van der Waals surface area contributed by atoms with Gasteiger partial charge in [0.2, 0.25) is 5.91 Å². The van der Waals surface area contributed by atoms with Gasteiger partial charge in [-0.2, -0.15) is 0 Å². The van der Waals surface area contributed by atoms with E-state index in [1.54, 1.807) is 0 Å². The van der Waals surface area contributed by atoms with E-state index >= 15 is 0 Å². The first-order valence-electron chi connectivity index (χ1n) is 7.27. The van der Waals surface area contributed by atoms with E-state index in [-0.39, 0.29) is 24.4 Å². The lowest BCUT2D eigenvalue weighted by molar-refractivity contribution is -0.292. The highest BCUT2D eigenvalue weighted by molar-refractivity contribution is 6.56. The number of nitrogens with one attached hydrogen (secondary N) is 1. The zero-order valence-corrected chi connectivity index (χ0v) is 14.2. The highest BCUT2D eigenvalue weighted by Crippen LogP contribution is 2.40. The number of hydroxylamine groups is 2. The van der Waals surface area contributed by atoms with Gasteiger partial charge in [-0.3, -0.25) is 4.79 Å². The van der Waals surface area contributed by atoms with E-state index in [1.807, 2.05) is 27.7 Å². The quantitative estimate of drug-likeness (QED) is 0.421. The minimum atomic E-state index is -4.02. The van der Waals surface area contributed by atoms with Crippen LogP contribution in [0.1, 0.15) is 47.0 Å². The number of piperidine rings is 1. The summed E-state index contributed by atoms with van der Waals surface area (Å²) in [6, 6.07) is -0.0940. The van der Waals surface area contributed by atoms with Crippen molar-refractivity contribution in [1.82, 2.24) is 10.4 Å². The van der Waals surface area contributed by atoms with Crippen LogP contribution in [-0.4, -0.2) is 51.8 Å². The second-order valence-corrected chi connectivity index (χ2v) is 9.24. The largest absolute Gasteiger partial charge is 0.492 e. The molecule has 8 heteroatoms. The predicted octanol–water partition coefficient (Wildman–Crippen LogP) is 0.0232. The summed E-state index contributed by atoms with van der Waals surface area (Å²) in [6.07, 6.45) is 1.30. The molecule has 1 radical (unpaired) electrons. The molecule has 7 nitrogen and oxygen atoms in total. The van der Waals surface area contributed by atoms with Crippen LogP contribution in [0.4, 0.5) is 0 Å². The Labute approximate surface area is 126 Å². The summed E-state index contributed by atoms with van der Waals surface area (Å²) in [4.78, 5) is 38.9. The molecule has 0 aliphatic carbocycles. The number of hydrogen-bond acceptors (Lipinski definition) is 5. The molecule has 123 valence electrons. The smallest absolute Gasteiger partial charge is 0.390 e. The highest BCUT2D eigenvalue weighted by Gasteiger charge is 2.47. The van der Waals surface area contributed by atoms with E-state index in [2.05, 4.69) is 5.32 Å². The van der Waals surface area contributed by atoms with Gasteiger partial charge in [0.1, 0.15) is 0 Å². The van der Waals surface area contributed by atoms with Crippen molar-refractivity contribution < 1.29 is 24.4 Å². The first-order valence-corrected chi connectivity index (χ1v) is 9.32. The molecule has 4 N–H and O–H groups in total. The number of rotatable bonds is 5. The molecular weight excluding hydrogens is 292 g/mol. The summed E-state index contributed by atoms with van der Waals surface area (Å²) in [5.41, 5.74) is -1.18. The zero-order chi connectivity index (χ0) is 16.5. The van der Waals surface area contributed by atoms with E-state index in [0.717, 1.165) is 5.06 Å². The summed E-state index contributed by atoms with van der Waals surface area (Å²) >= 11 is 0. The number of carbonyl (C=O) groups is 1. The molecule has 1 heterocycles. The van der Waals surface area contributed by atoms with Crippen LogP contribution in [0.2, 0.25) is 6.04 Å². The molecule has 0 aromatic carbocycles. The van der Waals surface area contributed by atoms with Crippen molar-refractivity contribution in [3.8, 4) is 0 Å². The molecule has 1 saturated heterocycles. The number of hydrogen-bond donors (Lipinski definition) is 4. The Bertz CT molecular complexity index is 363. The van der Waals surface area contributed by atoms with Gasteiger partial charge >= 0.3 is 8.80 Å². The van der Waals surface area contributed by atoms with Gasteiger partial charge in [-0.25, -0.2) is 0 Å². The molecule has 0 bridgehead atoms. The number of amides is 1. The average Bonchev–Trinajstić information content (AvgIpc) is 2.29. The SMILES string of the molecule is CC1(C)CC(C(=O)NCCC[Si](O)(O)O)CC(C)(C)N1[O]. The normalized spacial score (nSPS) is 23.0. The maximum atomic E-state index is 12.2. The summed E-state index contributed by atoms with van der Waals surface area (Å²) in [5, 5.41) is 16.0. The van der Waals surface area contributed by atoms with E-state index in [1.165, 1.54) is 0 Å². The van der Waals surface area contributed by atoms with Gasteiger partial charge in [0.25, 0.3) is 0 Å². The van der Waals surface area contributed by atoms with Crippen molar-refractivity contribution in [2.24, 2.45) is 5.92 Å². The van der Waals surface area contributed by atoms with Crippen LogP contribution in [0.25, 0.3) is 0 Å². The third-order valence-electron chi connectivity index (χ3n) is 3.95. The molecule has 0 atom stereocenters. The summed E-state index contributed by atoms with van der Waals surface area (Å²) in [6.45, 7) is 7.64. The monoisotopic (exact) mass is 319 g/mol. The molecular formula is C13H27N2O5Si. The van der Waals surface area contributed by atoms with Crippen molar-refractivity contribution in [2.45, 2.75) is 64.1 Å². The minimum absolute atomic E-state index is 0.0940. The maximum Gasteiger partial charge on any atom is 0.492 e. The topological polar surface area (TPSA) is 113 Å². The van der Waals surface area contributed by atoms with Gasteiger partial charge in [-0.05, 0) is 47.0 Å². The van der Waals surface area contributed by atoms with Gasteiger partial charge in [-0.1, -0.05) is 0 Å². The van der Waals surface area contributed by atoms with Crippen molar-refractivity contribution in [3.05, 3.63) is 0 Å². The van der Waals surface area contributed by atoms with Gasteiger partial charge in [0.15, 0.2) is 0 Å². The molecule has 21 heavy (non-hydrogen) atoms. The molecule has 1 fully saturated rings. The molecule has 1 aliphatic heterocycles. The fourth-order valence-electron chi connectivity index (χ4n) is 3.13. The molecule has 1 aliphatic rings. The van der Waals surface area contributed by atoms with Crippen LogP contribution in [0.3, 0.4) is 0 Å². The maximum absolute atomic E-state index is 12.2. The van der Waals surface area contributed by atoms with E-state index < -0.39 is 19.9 Å². The lowest BCUT2D eigenvalue weighted by Crippen LogP contribution is -2.60. The lowest BCUT2D eigenvalue weighted by Gasteiger charge is -2.49. The molecule has 1 amide bonds. The zero-order valence-electron chi connectivity index (χ0n) is 13.2. The van der Waals surface area contributed by atoms with Gasteiger partial charge < -0.3 is 19.7 Å². The van der Waals surface area contributed by atoms with Gasteiger partial charge in [0, 0.05) is 29.6 Å². The fourth-order valence-corrected chi connectivity index (χ4v) is 3.78. The predicted molar refractivity (Wildman–Crippen MR) is 78.3 cm³/mol. The van der Waals surface area contributed by atoms with Gasteiger partial charge in [0.05, 0.1) is 0 Å². The average molecular weight is 319 g/mol. The second-order valence-electron chi connectivity index (χ2n) is 7.19. The van der Waals surface area contributed by atoms with E-state index in [0.29, 0.717) is 19.3 Å². The van der Waals surface area contributed by atoms with Crippen molar-refractivity contribution >= 4 is 14.7 Å². The Morgan fingerprint density at radius 3 is 2.10 bits per heavy atom. The molecule has 0 spiro atoms. The first-order chi connectivity index (χ1) is 9.35. The van der Waals surface area contributed by atoms with Crippen LogP contribution in [0.15, 0.2) is 0 Å². The molecule has 1 rings (SSSR count). The van der Waals surface area contributed by atoms with Crippen LogP contribution >= 0.6 is 0 Å². The second kappa shape index (κ2) is 6.31. The summed E-state index contributed by atoms with van der Waals surface area (Å²) < 4.78 is 0. The number of nitrogens with zero attached hydrogens (tertiary/aromatic N) is 1. The summed E-state index contributed by atoms with van der Waals surface area (Å²) in [5.74, 6) is -0.357. The Balaban J connectivity index is 2.51. The Hall–Kier alpha value is -0.513.